The van der Waals surface area contributed by atoms with Crippen molar-refractivity contribution in [3.63, 3.8) is 0 Å². The molecule has 1 N–H and O–H groups in total. The SMILES string of the molecule is O=C(Nc1cccnc1)c1cc(-c2cc(Cl)ccc2F)ncn1. The third kappa shape index (κ3) is 3.49. The molecule has 0 unspecified atom stereocenters. The third-order valence-electron chi connectivity index (χ3n) is 3.02. The van der Waals surface area contributed by atoms with Crippen molar-refractivity contribution in [1.82, 2.24) is 15.0 Å². The average molecular weight is 329 g/mol. The summed E-state index contributed by atoms with van der Waals surface area (Å²) in [6, 6.07) is 8.93. The highest BCUT2D eigenvalue weighted by Gasteiger charge is 2.13. The van der Waals surface area contributed by atoms with Gasteiger partial charge in [-0.1, -0.05) is 11.6 Å². The van der Waals surface area contributed by atoms with Gasteiger partial charge in [-0.05, 0) is 36.4 Å². The molecule has 3 aromatic rings. The lowest BCUT2D eigenvalue weighted by Gasteiger charge is -2.06. The molecule has 0 spiro atoms. The molecule has 0 aliphatic carbocycles. The first-order chi connectivity index (χ1) is 11.1. The van der Waals surface area contributed by atoms with Crippen LogP contribution < -0.4 is 5.32 Å². The van der Waals surface area contributed by atoms with Crippen molar-refractivity contribution in [2.24, 2.45) is 0 Å². The maximum atomic E-state index is 13.9. The predicted octanol–water partition coefficient (Wildman–Crippen LogP) is 3.58. The number of anilines is 1. The van der Waals surface area contributed by atoms with Gasteiger partial charge in [0.05, 0.1) is 17.6 Å². The number of halogens is 2. The number of nitrogens with zero attached hydrogens (tertiary/aromatic N) is 3. The summed E-state index contributed by atoms with van der Waals surface area (Å²) in [4.78, 5) is 24.0. The summed E-state index contributed by atoms with van der Waals surface area (Å²) in [6.07, 6.45) is 4.31. The quantitative estimate of drug-likeness (QED) is 0.798. The van der Waals surface area contributed by atoms with E-state index in [1.807, 2.05) is 0 Å². The Hall–Kier alpha value is -2.86. The largest absolute Gasteiger partial charge is 0.319 e. The van der Waals surface area contributed by atoms with Crippen LogP contribution >= 0.6 is 11.6 Å². The van der Waals surface area contributed by atoms with Gasteiger partial charge in [0.1, 0.15) is 17.8 Å². The van der Waals surface area contributed by atoms with Crippen LogP contribution in [0.2, 0.25) is 5.02 Å². The van der Waals surface area contributed by atoms with Crippen LogP contribution in [0.1, 0.15) is 10.5 Å². The summed E-state index contributed by atoms with van der Waals surface area (Å²) >= 11 is 5.88. The minimum Gasteiger partial charge on any atom is -0.319 e. The summed E-state index contributed by atoms with van der Waals surface area (Å²) in [5.41, 5.74) is 1.12. The Balaban J connectivity index is 1.91. The number of benzene rings is 1. The smallest absolute Gasteiger partial charge is 0.274 e. The van der Waals surface area contributed by atoms with Crippen LogP contribution in [0.25, 0.3) is 11.3 Å². The van der Waals surface area contributed by atoms with Gasteiger partial charge in [-0.25, -0.2) is 14.4 Å². The molecule has 0 atom stereocenters. The van der Waals surface area contributed by atoms with Gasteiger partial charge in [0.25, 0.3) is 5.91 Å². The van der Waals surface area contributed by atoms with Crippen LogP contribution in [-0.4, -0.2) is 20.9 Å². The van der Waals surface area contributed by atoms with Crippen molar-refractivity contribution in [2.75, 3.05) is 5.32 Å². The van der Waals surface area contributed by atoms with Gasteiger partial charge in [-0.2, -0.15) is 0 Å². The normalized spacial score (nSPS) is 10.3. The molecule has 0 bridgehead atoms. The molecular formula is C16H10ClFN4O. The van der Waals surface area contributed by atoms with E-state index >= 15 is 0 Å². The average Bonchev–Trinajstić information content (AvgIpc) is 2.58. The molecule has 23 heavy (non-hydrogen) atoms. The topological polar surface area (TPSA) is 67.8 Å². The molecule has 2 heterocycles. The first-order valence-electron chi connectivity index (χ1n) is 6.62. The molecule has 0 saturated heterocycles. The zero-order valence-electron chi connectivity index (χ0n) is 11.7. The lowest BCUT2D eigenvalue weighted by Crippen LogP contribution is -2.14. The van der Waals surface area contributed by atoms with Gasteiger partial charge in [0.15, 0.2) is 0 Å². The molecule has 0 radical (unpaired) electrons. The molecule has 0 aliphatic rings. The van der Waals surface area contributed by atoms with Crippen LogP contribution in [0.3, 0.4) is 0 Å². The molecular weight excluding hydrogens is 319 g/mol. The van der Waals surface area contributed by atoms with Crippen LogP contribution in [0.15, 0.2) is 55.1 Å². The van der Waals surface area contributed by atoms with E-state index in [9.17, 15) is 9.18 Å². The van der Waals surface area contributed by atoms with Crippen LogP contribution in [0.5, 0.6) is 0 Å². The summed E-state index contributed by atoms with van der Waals surface area (Å²) < 4.78 is 13.9. The second-order valence-corrected chi connectivity index (χ2v) is 5.04. The zero-order chi connectivity index (χ0) is 16.2. The highest BCUT2D eigenvalue weighted by molar-refractivity contribution is 6.30. The molecule has 0 saturated carbocycles. The van der Waals surface area contributed by atoms with E-state index in [1.165, 1.54) is 36.8 Å². The minimum atomic E-state index is -0.480. The summed E-state index contributed by atoms with van der Waals surface area (Å²) in [7, 11) is 0. The minimum absolute atomic E-state index is 0.109. The number of nitrogens with one attached hydrogen (secondary N) is 1. The number of rotatable bonds is 3. The fraction of sp³-hybridized carbons (Fsp3) is 0. The van der Waals surface area contributed by atoms with E-state index in [1.54, 1.807) is 18.3 Å². The van der Waals surface area contributed by atoms with Crippen LogP contribution in [-0.2, 0) is 0 Å². The Labute approximate surface area is 136 Å². The van der Waals surface area contributed by atoms with E-state index in [2.05, 4.69) is 20.3 Å². The first kappa shape index (κ1) is 15.1. The lowest BCUT2D eigenvalue weighted by molar-refractivity contribution is 0.102. The summed E-state index contributed by atoms with van der Waals surface area (Å²) in [5.74, 6) is -0.921. The number of amides is 1. The zero-order valence-corrected chi connectivity index (χ0v) is 12.5. The number of carbonyl (C=O) groups excluding carboxylic acids is 1. The van der Waals surface area contributed by atoms with Gasteiger partial charge in [0.2, 0.25) is 0 Å². The summed E-state index contributed by atoms with van der Waals surface area (Å²) in [6.45, 7) is 0. The van der Waals surface area contributed by atoms with Gasteiger partial charge < -0.3 is 5.32 Å². The van der Waals surface area contributed by atoms with Crippen LogP contribution in [0, 0.1) is 5.82 Å². The van der Waals surface area contributed by atoms with E-state index in [4.69, 9.17) is 11.6 Å². The van der Waals surface area contributed by atoms with Crippen molar-refractivity contribution in [2.45, 2.75) is 0 Å². The molecule has 0 aliphatic heterocycles. The van der Waals surface area contributed by atoms with E-state index in [-0.39, 0.29) is 17.0 Å². The highest BCUT2D eigenvalue weighted by atomic mass is 35.5. The fourth-order valence-corrected chi connectivity index (χ4v) is 2.13. The number of carbonyl (C=O) groups is 1. The van der Waals surface area contributed by atoms with Crippen LogP contribution in [0.4, 0.5) is 10.1 Å². The Bertz CT molecular complexity index is 858. The van der Waals surface area contributed by atoms with E-state index in [0.717, 1.165) is 0 Å². The molecule has 5 nitrogen and oxygen atoms in total. The number of hydrogen-bond donors (Lipinski definition) is 1. The molecule has 1 aromatic carbocycles. The molecule has 0 fully saturated rings. The lowest BCUT2D eigenvalue weighted by atomic mass is 10.1. The molecule has 7 heteroatoms. The predicted molar refractivity (Wildman–Crippen MR) is 84.6 cm³/mol. The van der Waals surface area contributed by atoms with Crippen molar-refractivity contribution in [1.29, 1.82) is 0 Å². The second kappa shape index (κ2) is 6.50. The van der Waals surface area contributed by atoms with Gasteiger partial charge in [-0.3, -0.25) is 9.78 Å². The first-order valence-corrected chi connectivity index (χ1v) is 7.00. The second-order valence-electron chi connectivity index (χ2n) is 4.61. The third-order valence-corrected chi connectivity index (χ3v) is 3.26. The Morgan fingerprint density at radius 1 is 1.17 bits per heavy atom. The van der Waals surface area contributed by atoms with Gasteiger partial charge in [0, 0.05) is 16.8 Å². The standard InChI is InChI=1S/C16H10ClFN4O/c17-10-3-4-13(18)12(6-10)14-7-15(21-9-20-14)16(23)22-11-2-1-5-19-8-11/h1-9H,(H,22,23). The summed E-state index contributed by atoms with van der Waals surface area (Å²) in [5, 5.41) is 3.03. The number of pyridine rings is 1. The van der Waals surface area contributed by atoms with Gasteiger partial charge >= 0.3 is 0 Å². The van der Waals surface area contributed by atoms with Crippen molar-refractivity contribution in [3.05, 3.63) is 71.7 Å². The van der Waals surface area contributed by atoms with Crippen molar-refractivity contribution >= 4 is 23.2 Å². The van der Waals surface area contributed by atoms with Gasteiger partial charge in [-0.15, -0.1) is 0 Å². The maximum Gasteiger partial charge on any atom is 0.274 e. The molecule has 2 aromatic heterocycles. The Kier molecular flexibility index (Phi) is 4.25. The molecule has 1 amide bonds. The van der Waals surface area contributed by atoms with E-state index in [0.29, 0.717) is 10.7 Å². The Morgan fingerprint density at radius 3 is 2.83 bits per heavy atom. The monoisotopic (exact) mass is 328 g/mol. The number of aromatic nitrogens is 3. The highest BCUT2D eigenvalue weighted by Crippen LogP contribution is 2.24. The molecule has 114 valence electrons. The van der Waals surface area contributed by atoms with Crippen molar-refractivity contribution < 1.29 is 9.18 Å². The fourth-order valence-electron chi connectivity index (χ4n) is 1.95. The molecule has 3 rings (SSSR count). The maximum absolute atomic E-state index is 13.9. The van der Waals surface area contributed by atoms with E-state index < -0.39 is 11.7 Å². The Morgan fingerprint density at radius 2 is 2.04 bits per heavy atom. The van der Waals surface area contributed by atoms with Crippen molar-refractivity contribution in [3.8, 4) is 11.3 Å². The number of hydrogen-bond acceptors (Lipinski definition) is 4.